The Labute approximate surface area is 90.8 Å². The third kappa shape index (κ3) is 4.99. The summed E-state index contributed by atoms with van der Waals surface area (Å²) in [5.41, 5.74) is -0.943. The van der Waals surface area contributed by atoms with Crippen LogP contribution < -0.4 is 5.32 Å². The van der Waals surface area contributed by atoms with E-state index in [4.69, 9.17) is 5.11 Å². The molecule has 0 bridgehead atoms. The van der Waals surface area contributed by atoms with Crippen LogP contribution in [0.5, 0.6) is 0 Å². The lowest BCUT2D eigenvalue weighted by atomic mass is 9.80. The number of halogens is 3. The SMILES string of the molecule is CC(C)(C)C(C(=O)O)C(=O)NCC(F)(F)F. The van der Waals surface area contributed by atoms with Crippen molar-refractivity contribution in [1.82, 2.24) is 5.32 Å². The van der Waals surface area contributed by atoms with Gasteiger partial charge in [0, 0.05) is 0 Å². The molecule has 0 aliphatic heterocycles. The summed E-state index contributed by atoms with van der Waals surface area (Å²) in [6, 6.07) is 0. The van der Waals surface area contributed by atoms with Gasteiger partial charge in [-0.05, 0) is 5.41 Å². The lowest BCUT2D eigenvalue weighted by Gasteiger charge is -2.26. The zero-order valence-corrected chi connectivity index (χ0v) is 9.18. The van der Waals surface area contributed by atoms with Gasteiger partial charge in [-0.15, -0.1) is 0 Å². The molecule has 0 radical (unpaired) electrons. The van der Waals surface area contributed by atoms with Crippen LogP contribution in [-0.2, 0) is 9.59 Å². The Morgan fingerprint density at radius 2 is 1.69 bits per heavy atom. The first-order chi connectivity index (χ1) is 6.95. The molecule has 0 aromatic carbocycles. The van der Waals surface area contributed by atoms with Gasteiger partial charge in [0.25, 0.3) is 0 Å². The molecule has 1 atom stereocenters. The van der Waals surface area contributed by atoms with Gasteiger partial charge in [0.05, 0.1) is 0 Å². The highest BCUT2D eigenvalue weighted by molar-refractivity contribution is 5.97. The molecule has 0 saturated heterocycles. The predicted molar refractivity (Wildman–Crippen MR) is 49.6 cm³/mol. The number of carbonyl (C=O) groups is 2. The summed E-state index contributed by atoms with van der Waals surface area (Å²) in [5.74, 6) is -4.07. The smallest absolute Gasteiger partial charge is 0.405 e. The van der Waals surface area contributed by atoms with Gasteiger partial charge in [-0.25, -0.2) is 0 Å². The molecule has 0 aromatic heterocycles. The van der Waals surface area contributed by atoms with E-state index in [1.807, 2.05) is 0 Å². The van der Waals surface area contributed by atoms with E-state index in [2.05, 4.69) is 0 Å². The second kappa shape index (κ2) is 4.71. The first-order valence-electron chi connectivity index (χ1n) is 4.52. The van der Waals surface area contributed by atoms with E-state index in [0.29, 0.717) is 0 Å². The molecular weight excluding hydrogens is 227 g/mol. The van der Waals surface area contributed by atoms with Crippen molar-refractivity contribution in [3.05, 3.63) is 0 Å². The number of rotatable bonds is 3. The number of nitrogens with one attached hydrogen (secondary N) is 1. The highest BCUT2D eigenvalue weighted by atomic mass is 19.4. The van der Waals surface area contributed by atoms with Crippen molar-refractivity contribution in [2.45, 2.75) is 26.9 Å². The third-order valence-corrected chi connectivity index (χ3v) is 1.84. The van der Waals surface area contributed by atoms with Crippen LogP contribution in [0.3, 0.4) is 0 Å². The van der Waals surface area contributed by atoms with Gasteiger partial charge < -0.3 is 10.4 Å². The van der Waals surface area contributed by atoms with Crippen LogP contribution in [0.2, 0.25) is 0 Å². The Kier molecular flexibility index (Phi) is 4.34. The highest BCUT2D eigenvalue weighted by Gasteiger charge is 2.39. The molecule has 0 spiro atoms. The standard InChI is InChI=1S/C9H14F3NO3/c1-8(2,3)5(7(15)16)6(14)13-4-9(10,11)12/h5H,4H2,1-3H3,(H,13,14)(H,15,16). The largest absolute Gasteiger partial charge is 0.481 e. The van der Waals surface area contributed by atoms with Gasteiger partial charge in [0.2, 0.25) is 5.91 Å². The van der Waals surface area contributed by atoms with Crippen LogP contribution >= 0.6 is 0 Å². The summed E-state index contributed by atoms with van der Waals surface area (Å²) in [4.78, 5) is 22.1. The van der Waals surface area contributed by atoms with Crippen molar-refractivity contribution in [3.63, 3.8) is 0 Å². The van der Waals surface area contributed by atoms with Gasteiger partial charge >= 0.3 is 12.1 Å². The summed E-state index contributed by atoms with van der Waals surface area (Å²) < 4.78 is 35.4. The highest BCUT2D eigenvalue weighted by Crippen LogP contribution is 2.26. The first kappa shape index (κ1) is 14.7. The van der Waals surface area contributed by atoms with E-state index < -0.39 is 35.9 Å². The number of hydrogen-bond acceptors (Lipinski definition) is 2. The molecule has 4 nitrogen and oxygen atoms in total. The molecule has 2 N–H and O–H groups in total. The maximum Gasteiger partial charge on any atom is 0.405 e. The van der Waals surface area contributed by atoms with Crippen molar-refractivity contribution in [2.24, 2.45) is 11.3 Å². The van der Waals surface area contributed by atoms with Gasteiger partial charge in [-0.2, -0.15) is 13.2 Å². The van der Waals surface area contributed by atoms with E-state index in [-0.39, 0.29) is 0 Å². The summed E-state index contributed by atoms with van der Waals surface area (Å²) in [7, 11) is 0. The molecule has 1 unspecified atom stereocenters. The molecule has 0 fully saturated rings. The van der Waals surface area contributed by atoms with Crippen LogP contribution in [-0.4, -0.2) is 29.7 Å². The van der Waals surface area contributed by atoms with E-state index in [1.165, 1.54) is 20.8 Å². The van der Waals surface area contributed by atoms with Gasteiger partial charge in [-0.1, -0.05) is 20.8 Å². The molecule has 0 saturated carbocycles. The first-order valence-corrected chi connectivity index (χ1v) is 4.52. The van der Waals surface area contributed by atoms with Gasteiger partial charge in [0.1, 0.15) is 12.5 Å². The lowest BCUT2D eigenvalue weighted by Crippen LogP contribution is -2.45. The normalized spacial score (nSPS) is 14.4. The molecule has 0 heterocycles. The molecule has 0 aliphatic carbocycles. The number of hydrogen-bond donors (Lipinski definition) is 2. The molecule has 7 heteroatoms. The molecule has 0 aromatic rings. The molecule has 0 rings (SSSR count). The maximum atomic E-state index is 11.8. The van der Waals surface area contributed by atoms with Crippen LogP contribution in [0.25, 0.3) is 0 Å². The number of amides is 1. The molecular formula is C9H14F3NO3. The topological polar surface area (TPSA) is 66.4 Å². The van der Waals surface area contributed by atoms with Gasteiger partial charge in [0.15, 0.2) is 0 Å². The number of aliphatic carboxylic acids is 1. The minimum Gasteiger partial charge on any atom is -0.481 e. The van der Waals surface area contributed by atoms with Crippen molar-refractivity contribution in [2.75, 3.05) is 6.54 Å². The van der Waals surface area contributed by atoms with E-state index in [0.717, 1.165) is 0 Å². The summed E-state index contributed by atoms with van der Waals surface area (Å²) in [6.45, 7) is 2.89. The fourth-order valence-corrected chi connectivity index (χ4v) is 1.17. The fourth-order valence-electron chi connectivity index (χ4n) is 1.17. The van der Waals surface area contributed by atoms with E-state index >= 15 is 0 Å². The number of carboxylic acid groups (broad SMARTS) is 1. The number of alkyl halides is 3. The summed E-state index contributed by atoms with van der Waals surface area (Å²) in [6.07, 6.45) is -4.55. The Balaban J connectivity index is 4.61. The van der Waals surface area contributed by atoms with Crippen LogP contribution in [0.1, 0.15) is 20.8 Å². The number of carboxylic acids is 1. The average Bonchev–Trinajstić information content (AvgIpc) is 1.95. The van der Waals surface area contributed by atoms with Crippen molar-refractivity contribution >= 4 is 11.9 Å². The molecule has 1 amide bonds. The Hall–Kier alpha value is -1.27. The molecule has 94 valence electrons. The van der Waals surface area contributed by atoms with Crippen LogP contribution in [0.15, 0.2) is 0 Å². The Bertz CT molecular complexity index is 281. The van der Waals surface area contributed by atoms with Crippen LogP contribution in [0, 0.1) is 11.3 Å². The van der Waals surface area contributed by atoms with E-state index in [9.17, 15) is 22.8 Å². The Morgan fingerprint density at radius 3 is 1.94 bits per heavy atom. The zero-order chi connectivity index (χ0) is 13.1. The average molecular weight is 241 g/mol. The zero-order valence-electron chi connectivity index (χ0n) is 9.18. The number of carbonyl (C=O) groups excluding carboxylic acids is 1. The van der Waals surface area contributed by atoms with Gasteiger partial charge in [-0.3, -0.25) is 9.59 Å². The molecule has 0 aliphatic rings. The molecule has 16 heavy (non-hydrogen) atoms. The second-order valence-electron chi connectivity index (χ2n) is 4.47. The Morgan fingerprint density at radius 1 is 1.25 bits per heavy atom. The third-order valence-electron chi connectivity index (χ3n) is 1.84. The lowest BCUT2D eigenvalue weighted by molar-refractivity contribution is -0.155. The van der Waals surface area contributed by atoms with Crippen molar-refractivity contribution in [3.8, 4) is 0 Å². The monoisotopic (exact) mass is 241 g/mol. The van der Waals surface area contributed by atoms with Crippen LogP contribution in [0.4, 0.5) is 13.2 Å². The predicted octanol–water partition coefficient (Wildman–Crippen LogP) is 1.41. The minimum absolute atomic E-state index is 0.943. The van der Waals surface area contributed by atoms with Crippen molar-refractivity contribution < 1.29 is 27.9 Å². The quantitative estimate of drug-likeness (QED) is 0.734. The van der Waals surface area contributed by atoms with E-state index in [1.54, 1.807) is 5.32 Å². The maximum absolute atomic E-state index is 11.8. The minimum atomic E-state index is -4.55. The summed E-state index contributed by atoms with van der Waals surface area (Å²) >= 11 is 0. The summed E-state index contributed by atoms with van der Waals surface area (Å²) in [5, 5.41) is 10.3. The second-order valence-corrected chi connectivity index (χ2v) is 4.47. The van der Waals surface area contributed by atoms with Crippen molar-refractivity contribution in [1.29, 1.82) is 0 Å². The fraction of sp³-hybridized carbons (Fsp3) is 0.778.